The topological polar surface area (TPSA) is 67.9 Å². The molecule has 0 radical (unpaired) electrons. The molecule has 0 saturated heterocycles. The number of carbonyl (C=O) groups is 2. The number of halogens is 1. The predicted octanol–water partition coefficient (Wildman–Crippen LogP) is 5.06. The van der Waals surface area contributed by atoms with Crippen LogP contribution in [0.25, 0.3) is 5.57 Å². The number of para-hydroxylation sites is 1. The molecule has 162 valence electrons. The Morgan fingerprint density at radius 3 is 2.22 bits per heavy atom. The number of amides is 2. The molecule has 2 amide bonds. The number of hydrogen-bond acceptors (Lipinski definition) is 5. The highest BCUT2D eigenvalue weighted by Crippen LogP contribution is 2.39. The zero-order valence-electron chi connectivity index (χ0n) is 17.8. The Hall–Kier alpha value is -3.77. The van der Waals surface area contributed by atoms with Crippen molar-refractivity contribution in [1.82, 2.24) is 0 Å². The number of aryl methyl sites for hydroxylation is 1. The van der Waals surface area contributed by atoms with Gasteiger partial charge in [0.05, 0.1) is 31.2 Å². The molecule has 0 aliphatic carbocycles. The summed E-state index contributed by atoms with van der Waals surface area (Å²) in [5.74, 6) is 0.0238. The lowest BCUT2D eigenvalue weighted by atomic mass is 10.0. The van der Waals surface area contributed by atoms with Gasteiger partial charge in [-0.1, -0.05) is 47.5 Å². The highest BCUT2D eigenvalue weighted by Gasteiger charge is 2.41. The van der Waals surface area contributed by atoms with Crippen molar-refractivity contribution >= 4 is 40.4 Å². The SMILES string of the molecule is COc1ccc(Cl)cc1NC1=C(c2ccccc2OC)C(=O)N(c2ccc(C)cc2)C1=O. The number of anilines is 2. The molecule has 0 fully saturated rings. The zero-order chi connectivity index (χ0) is 22.8. The van der Waals surface area contributed by atoms with Crippen LogP contribution in [0.3, 0.4) is 0 Å². The molecule has 0 bridgehead atoms. The highest BCUT2D eigenvalue weighted by molar-refractivity contribution is 6.46. The van der Waals surface area contributed by atoms with Gasteiger partial charge in [0.15, 0.2) is 0 Å². The maximum atomic E-state index is 13.6. The molecule has 32 heavy (non-hydrogen) atoms. The fraction of sp³-hybridized carbons (Fsp3) is 0.120. The molecular weight excluding hydrogens is 428 g/mol. The molecule has 0 unspecified atom stereocenters. The van der Waals surface area contributed by atoms with E-state index < -0.39 is 11.8 Å². The van der Waals surface area contributed by atoms with E-state index in [1.807, 2.05) is 19.1 Å². The van der Waals surface area contributed by atoms with Crippen LogP contribution in [0.4, 0.5) is 11.4 Å². The second-order valence-electron chi connectivity index (χ2n) is 7.20. The van der Waals surface area contributed by atoms with E-state index in [-0.39, 0.29) is 11.3 Å². The molecule has 4 rings (SSSR count). The van der Waals surface area contributed by atoms with Crippen LogP contribution in [0.1, 0.15) is 11.1 Å². The summed E-state index contributed by atoms with van der Waals surface area (Å²) < 4.78 is 10.9. The average Bonchev–Trinajstić information content (AvgIpc) is 3.04. The third-order valence-electron chi connectivity index (χ3n) is 5.17. The van der Waals surface area contributed by atoms with Crippen molar-refractivity contribution in [3.63, 3.8) is 0 Å². The lowest BCUT2D eigenvalue weighted by Gasteiger charge is -2.16. The van der Waals surface area contributed by atoms with Crippen LogP contribution >= 0.6 is 11.6 Å². The van der Waals surface area contributed by atoms with Gasteiger partial charge in [-0.3, -0.25) is 9.59 Å². The quantitative estimate of drug-likeness (QED) is 0.534. The molecule has 0 saturated carbocycles. The Labute approximate surface area is 191 Å². The van der Waals surface area contributed by atoms with Gasteiger partial charge in [-0.15, -0.1) is 0 Å². The van der Waals surface area contributed by atoms with Gasteiger partial charge in [-0.05, 0) is 43.3 Å². The number of nitrogens with zero attached hydrogens (tertiary/aromatic N) is 1. The van der Waals surface area contributed by atoms with E-state index in [9.17, 15) is 9.59 Å². The molecule has 1 heterocycles. The van der Waals surface area contributed by atoms with E-state index in [0.717, 1.165) is 10.5 Å². The number of ether oxygens (including phenoxy) is 2. The maximum Gasteiger partial charge on any atom is 0.282 e. The summed E-state index contributed by atoms with van der Waals surface area (Å²) in [7, 11) is 3.04. The van der Waals surface area contributed by atoms with E-state index >= 15 is 0 Å². The minimum Gasteiger partial charge on any atom is -0.496 e. The Balaban J connectivity index is 1.89. The second-order valence-corrected chi connectivity index (χ2v) is 7.64. The third-order valence-corrected chi connectivity index (χ3v) is 5.41. The Morgan fingerprint density at radius 1 is 0.844 bits per heavy atom. The van der Waals surface area contributed by atoms with Gasteiger partial charge in [-0.2, -0.15) is 0 Å². The molecule has 3 aromatic rings. The minimum atomic E-state index is -0.484. The Kier molecular flexibility index (Phi) is 5.88. The first-order chi connectivity index (χ1) is 15.4. The standard InChI is InChI=1S/C25H21ClN2O4/c1-15-8-11-17(12-9-15)28-24(29)22(18-6-4-5-7-20(18)31-2)23(25(28)30)27-19-14-16(26)10-13-21(19)32-3/h4-14,27H,1-3H3. The van der Waals surface area contributed by atoms with Crippen LogP contribution in [-0.2, 0) is 9.59 Å². The van der Waals surface area contributed by atoms with Crippen molar-refractivity contribution in [3.05, 3.63) is 88.6 Å². The van der Waals surface area contributed by atoms with Crippen LogP contribution in [-0.4, -0.2) is 26.0 Å². The molecule has 7 heteroatoms. The van der Waals surface area contributed by atoms with Crippen LogP contribution in [0.5, 0.6) is 11.5 Å². The first-order valence-corrected chi connectivity index (χ1v) is 10.3. The molecule has 1 N–H and O–H groups in total. The van der Waals surface area contributed by atoms with Crippen LogP contribution < -0.4 is 19.7 Å². The number of imide groups is 1. The summed E-state index contributed by atoms with van der Waals surface area (Å²) in [6.45, 7) is 1.94. The Morgan fingerprint density at radius 2 is 1.53 bits per heavy atom. The lowest BCUT2D eigenvalue weighted by molar-refractivity contribution is -0.120. The number of carbonyl (C=O) groups excluding carboxylic acids is 2. The van der Waals surface area contributed by atoms with Crippen LogP contribution in [0, 0.1) is 6.92 Å². The highest BCUT2D eigenvalue weighted by atomic mass is 35.5. The number of benzene rings is 3. The van der Waals surface area contributed by atoms with Gasteiger partial charge in [0, 0.05) is 10.6 Å². The summed E-state index contributed by atoms with van der Waals surface area (Å²) in [6.07, 6.45) is 0. The summed E-state index contributed by atoms with van der Waals surface area (Å²) in [6, 6.07) is 19.3. The summed E-state index contributed by atoms with van der Waals surface area (Å²) in [5.41, 5.74) is 2.79. The number of hydrogen-bond donors (Lipinski definition) is 1. The normalized spacial score (nSPS) is 13.6. The largest absolute Gasteiger partial charge is 0.496 e. The summed E-state index contributed by atoms with van der Waals surface area (Å²) >= 11 is 6.17. The van der Waals surface area contributed by atoms with Gasteiger partial charge in [0.2, 0.25) is 0 Å². The molecule has 0 spiro atoms. The van der Waals surface area contributed by atoms with Crippen molar-refractivity contribution < 1.29 is 19.1 Å². The number of methoxy groups -OCH3 is 2. The third kappa shape index (κ3) is 3.81. The van der Waals surface area contributed by atoms with E-state index in [0.29, 0.717) is 33.5 Å². The van der Waals surface area contributed by atoms with Crippen molar-refractivity contribution in [2.24, 2.45) is 0 Å². The van der Waals surface area contributed by atoms with Crippen molar-refractivity contribution in [2.75, 3.05) is 24.4 Å². The molecule has 3 aromatic carbocycles. The summed E-state index contributed by atoms with van der Waals surface area (Å²) in [5, 5.41) is 3.55. The van der Waals surface area contributed by atoms with E-state index in [1.165, 1.54) is 14.2 Å². The van der Waals surface area contributed by atoms with Gasteiger partial charge in [0.25, 0.3) is 11.8 Å². The fourth-order valence-corrected chi connectivity index (χ4v) is 3.76. The van der Waals surface area contributed by atoms with Crippen LogP contribution in [0.15, 0.2) is 72.4 Å². The number of nitrogens with one attached hydrogen (secondary N) is 1. The van der Waals surface area contributed by atoms with Crippen molar-refractivity contribution in [2.45, 2.75) is 6.92 Å². The predicted molar refractivity (Wildman–Crippen MR) is 125 cm³/mol. The first kappa shape index (κ1) is 21.5. The molecule has 1 aliphatic heterocycles. The van der Waals surface area contributed by atoms with E-state index in [4.69, 9.17) is 21.1 Å². The molecule has 6 nitrogen and oxygen atoms in total. The fourth-order valence-electron chi connectivity index (χ4n) is 3.59. The Bertz CT molecular complexity index is 1230. The average molecular weight is 449 g/mol. The van der Waals surface area contributed by atoms with E-state index in [2.05, 4.69) is 5.32 Å². The van der Waals surface area contributed by atoms with Crippen molar-refractivity contribution in [1.29, 1.82) is 0 Å². The number of rotatable bonds is 6. The molecular formula is C25H21ClN2O4. The van der Waals surface area contributed by atoms with Gasteiger partial charge in [-0.25, -0.2) is 4.90 Å². The first-order valence-electron chi connectivity index (χ1n) is 9.88. The van der Waals surface area contributed by atoms with Gasteiger partial charge >= 0.3 is 0 Å². The smallest absolute Gasteiger partial charge is 0.282 e. The molecule has 0 aromatic heterocycles. The summed E-state index contributed by atoms with van der Waals surface area (Å²) in [4.78, 5) is 28.3. The maximum absolute atomic E-state index is 13.6. The van der Waals surface area contributed by atoms with Gasteiger partial charge < -0.3 is 14.8 Å². The van der Waals surface area contributed by atoms with Gasteiger partial charge in [0.1, 0.15) is 17.2 Å². The minimum absolute atomic E-state index is 0.112. The van der Waals surface area contributed by atoms with Crippen LogP contribution in [0.2, 0.25) is 5.02 Å². The molecule has 1 aliphatic rings. The zero-order valence-corrected chi connectivity index (χ0v) is 18.6. The lowest BCUT2D eigenvalue weighted by Crippen LogP contribution is -2.32. The molecule has 0 atom stereocenters. The second kappa shape index (κ2) is 8.77. The van der Waals surface area contributed by atoms with Crippen molar-refractivity contribution in [3.8, 4) is 11.5 Å². The monoisotopic (exact) mass is 448 g/mol. The van der Waals surface area contributed by atoms with E-state index in [1.54, 1.807) is 54.6 Å².